The first-order chi connectivity index (χ1) is 16.2. The van der Waals surface area contributed by atoms with Gasteiger partial charge in [0.25, 0.3) is 0 Å². The molecule has 4 rings (SSSR count). The van der Waals surface area contributed by atoms with E-state index < -0.39 is 24.4 Å². The van der Waals surface area contributed by atoms with Crippen LogP contribution in [0, 0.1) is 5.92 Å². The normalized spacial score (nSPS) is 25.1. The second-order valence-electron chi connectivity index (χ2n) is 8.58. The van der Waals surface area contributed by atoms with Crippen LogP contribution in [0.15, 0.2) is 91.0 Å². The van der Waals surface area contributed by atoms with E-state index in [1.165, 1.54) is 0 Å². The van der Waals surface area contributed by atoms with E-state index in [2.05, 4.69) is 0 Å². The molecule has 0 aromatic heterocycles. The lowest BCUT2D eigenvalue weighted by atomic mass is 9.81. The maximum absolute atomic E-state index is 10.8. The number of hydrogen-bond donors (Lipinski definition) is 2. The van der Waals surface area contributed by atoms with Gasteiger partial charge in [-0.25, -0.2) is 0 Å². The lowest BCUT2D eigenvalue weighted by Gasteiger charge is -2.43. The van der Waals surface area contributed by atoms with Crippen LogP contribution >= 0.6 is 0 Å². The summed E-state index contributed by atoms with van der Waals surface area (Å²) < 4.78 is 18.5. The molecular formula is C28H32O5. The summed E-state index contributed by atoms with van der Waals surface area (Å²) >= 11 is 0. The molecule has 1 saturated carbocycles. The highest BCUT2D eigenvalue weighted by atomic mass is 16.6. The van der Waals surface area contributed by atoms with Gasteiger partial charge in [0, 0.05) is 5.92 Å². The summed E-state index contributed by atoms with van der Waals surface area (Å²) in [5.74, 6) is -0.114. The topological polar surface area (TPSA) is 68.2 Å². The Bertz CT molecular complexity index is 934. The molecule has 33 heavy (non-hydrogen) atoms. The van der Waals surface area contributed by atoms with Gasteiger partial charge in [-0.3, -0.25) is 0 Å². The number of aliphatic hydroxyl groups is 2. The van der Waals surface area contributed by atoms with Crippen LogP contribution in [0.2, 0.25) is 0 Å². The van der Waals surface area contributed by atoms with Gasteiger partial charge in [-0.1, -0.05) is 91.0 Å². The van der Waals surface area contributed by atoms with Gasteiger partial charge in [0.15, 0.2) is 0 Å². The third-order valence-electron chi connectivity index (χ3n) is 6.08. The number of benzene rings is 3. The zero-order valence-electron chi connectivity index (χ0n) is 18.7. The van der Waals surface area contributed by atoms with Crippen molar-refractivity contribution in [1.29, 1.82) is 0 Å². The predicted octanol–water partition coefficient (Wildman–Crippen LogP) is 4.12. The lowest BCUT2D eigenvalue weighted by Crippen LogP contribution is -2.56. The molecule has 3 aromatic rings. The summed E-state index contributed by atoms with van der Waals surface area (Å²) in [4.78, 5) is 0. The highest BCUT2D eigenvalue weighted by molar-refractivity contribution is 5.15. The standard InChI is InChI=1S/C28H32O5/c29-25-16-24(20-31-17-21-10-4-1-5-11-21)27(32-18-22-12-6-2-7-13-22)28(26(25)30)33-19-23-14-8-3-9-15-23/h1-15,24-30H,16-20H2/t24?,25-,26?,27-,28?/m0/s1. The van der Waals surface area contributed by atoms with Crippen molar-refractivity contribution < 1.29 is 24.4 Å². The Morgan fingerprint density at radius 2 is 1.06 bits per heavy atom. The SMILES string of the molecule is OC1C(OCc2ccccc2)[C@@H](OCc2ccccc2)C(COCc2ccccc2)C[C@@H]1O. The van der Waals surface area contributed by atoms with Crippen LogP contribution in [-0.4, -0.2) is 41.2 Å². The second kappa shape index (κ2) is 12.1. The van der Waals surface area contributed by atoms with Crippen LogP contribution in [0.1, 0.15) is 23.1 Å². The fourth-order valence-electron chi connectivity index (χ4n) is 4.29. The summed E-state index contributed by atoms with van der Waals surface area (Å²) in [6.07, 6.45) is -2.61. The van der Waals surface area contributed by atoms with Gasteiger partial charge in [-0.15, -0.1) is 0 Å². The Morgan fingerprint density at radius 1 is 0.606 bits per heavy atom. The molecule has 2 N–H and O–H groups in total. The minimum atomic E-state index is -1.03. The summed E-state index contributed by atoms with van der Waals surface area (Å²) in [5, 5.41) is 21.4. The minimum Gasteiger partial charge on any atom is -0.390 e. The summed E-state index contributed by atoms with van der Waals surface area (Å²) in [6.45, 7) is 1.62. The van der Waals surface area contributed by atoms with E-state index in [1.54, 1.807) is 0 Å². The van der Waals surface area contributed by atoms with Crippen LogP contribution < -0.4 is 0 Å². The molecule has 5 heteroatoms. The number of rotatable bonds is 10. The monoisotopic (exact) mass is 448 g/mol. The summed E-state index contributed by atoms with van der Waals surface area (Å²) in [6, 6.07) is 29.7. The van der Waals surface area contributed by atoms with Gasteiger partial charge in [-0.2, -0.15) is 0 Å². The molecule has 0 aliphatic heterocycles. The molecule has 0 saturated heterocycles. The van der Waals surface area contributed by atoms with Crippen LogP contribution in [0.3, 0.4) is 0 Å². The molecule has 5 atom stereocenters. The zero-order chi connectivity index (χ0) is 22.9. The first kappa shape index (κ1) is 23.6. The molecule has 0 radical (unpaired) electrons. The van der Waals surface area contributed by atoms with Crippen LogP contribution in [0.25, 0.3) is 0 Å². The Morgan fingerprint density at radius 3 is 1.58 bits per heavy atom. The lowest BCUT2D eigenvalue weighted by molar-refractivity contribution is -0.208. The summed E-state index contributed by atoms with van der Waals surface area (Å²) in [7, 11) is 0. The minimum absolute atomic E-state index is 0.114. The maximum atomic E-state index is 10.8. The zero-order valence-corrected chi connectivity index (χ0v) is 18.7. The predicted molar refractivity (Wildman–Crippen MR) is 126 cm³/mol. The number of aliphatic hydroxyl groups excluding tert-OH is 2. The van der Waals surface area contributed by atoms with Gasteiger partial charge in [-0.05, 0) is 23.1 Å². The number of ether oxygens (including phenoxy) is 3. The maximum Gasteiger partial charge on any atom is 0.113 e. The van der Waals surface area contributed by atoms with Crippen molar-refractivity contribution in [2.75, 3.05) is 6.61 Å². The fourth-order valence-corrected chi connectivity index (χ4v) is 4.29. The van der Waals surface area contributed by atoms with E-state index in [0.717, 1.165) is 16.7 Å². The first-order valence-electron chi connectivity index (χ1n) is 11.5. The summed E-state index contributed by atoms with van der Waals surface area (Å²) in [5.41, 5.74) is 3.14. The molecule has 0 bridgehead atoms. The van der Waals surface area contributed by atoms with Crippen molar-refractivity contribution in [1.82, 2.24) is 0 Å². The van der Waals surface area contributed by atoms with Crippen LogP contribution in [0.4, 0.5) is 0 Å². The van der Waals surface area contributed by atoms with Gasteiger partial charge in [0.05, 0.1) is 38.6 Å². The van der Waals surface area contributed by atoms with Crippen molar-refractivity contribution in [3.05, 3.63) is 108 Å². The molecule has 1 aliphatic rings. The van der Waals surface area contributed by atoms with Crippen molar-refractivity contribution in [3.63, 3.8) is 0 Å². The van der Waals surface area contributed by atoms with Crippen molar-refractivity contribution in [3.8, 4) is 0 Å². The van der Waals surface area contributed by atoms with Crippen LogP contribution in [-0.2, 0) is 34.0 Å². The Balaban J connectivity index is 1.46. The quantitative estimate of drug-likeness (QED) is 0.489. The molecule has 0 spiro atoms. The van der Waals surface area contributed by atoms with Gasteiger partial charge in [0.1, 0.15) is 12.2 Å². The average Bonchev–Trinajstić information content (AvgIpc) is 2.86. The fraction of sp³-hybridized carbons (Fsp3) is 0.357. The Kier molecular flexibility index (Phi) is 8.64. The average molecular weight is 449 g/mol. The second-order valence-corrected chi connectivity index (χ2v) is 8.58. The van der Waals surface area contributed by atoms with E-state index in [0.29, 0.717) is 32.8 Å². The molecule has 1 fully saturated rings. The molecule has 5 nitrogen and oxygen atoms in total. The largest absolute Gasteiger partial charge is 0.390 e. The Labute approximate surface area is 195 Å². The van der Waals surface area contributed by atoms with E-state index in [-0.39, 0.29) is 5.92 Å². The van der Waals surface area contributed by atoms with Crippen molar-refractivity contribution in [2.45, 2.75) is 50.7 Å². The molecule has 0 heterocycles. The molecule has 3 aromatic carbocycles. The van der Waals surface area contributed by atoms with E-state index in [1.807, 2.05) is 91.0 Å². The molecule has 3 unspecified atom stereocenters. The van der Waals surface area contributed by atoms with Crippen molar-refractivity contribution in [2.24, 2.45) is 5.92 Å². The van der Waals surface area contributed by atoms with E-state index in [9.17, 15) is 10.2 Å². The molecule has 174 valence electrons. The van der Waals surface area contributed by atoms with Gasteiger partial charge < -0.3 is 24.4 Å². The third-order valence-corrected chi connectivity index (χ3v) is 6.08. The molecule has 1 aliphatic carbocycles. The van der Waals surface area contributed by atoms with Gasteiger partial charge >= 0.3 is 0 Å². The third kappa shape index (κ3) is 6.73. The van der Waals surface area contributed by atoms with E-state index >= 15 is 0 Å². The Hall–Kier alpha value is -2.54. The molecule has 0 amide bonds. The first-order valence-corrected chi connectivity index (χ1v) is 11.5. The van der Waals surface area contributed by atoms with Gasteiger partial charge in [0.2, 0.25) is 0 Å². The van der Waals surface area contributed by atoms with E-state index in [4.69, 9.17) is 14.2 Å². The highest BCUT2D eigenvalue weighted by Crippen LogP contribution is 2.32. The smallest absolute Gasteiger partial charge is 0.113 e. The van der Waals surface area contributed by atoms with Crippen LogP contribution in [0.5, 0.6) is 0 Å². The van der Waals surface area contributed by atoms with Crippen molar-refractivity contribution >= 4 is 0 Å². The molecular weight excluding hydrogens is 416 g/mol. The number of hydrogen-bond acceptors (Lipinski definition) is 5. The highest BCUT2D eigenvalue weighted by Gasteiger charge is 2.45.